The van der Waals surface area contributed by atoms with Crippen LogP contribution >= 0.6 is 0 Å². The molecule has 148 valence electrons. The molecule has 0 unspecified atom stereocenters. The number of nitrogens with one attached hydrogen (secondary N) is 1. The van der Waals surface area contributed by atoms with E-state index in [9.17, 15) is 22.8 Å². The van der Waals surface area contributed by atoms with Gasteiger partial charge in [0.05, 0.1) is 24.1 Å². The van der Waals surface area contributed by atoms with E-state index < -0.39 is 28.5 Å². The highest BCUT2D eigenvalue weighted by Gasteiger charge is 2.32. The molecule has 1 aliphatic rings. The number of hydrogen-bond donors (Lipinski definition) is 1. The number of amides is 2. The summed E-state index contributed by atoms with van der Waals surface area (Å²) in [6.45, 7) is 1.10. The summed E-state index contributed by atoms with van der Waals surface area (Å²) in [7, 11) is -0.279. The predicted octanol–water partition coefficient (Wildman–Crippen LogP) is -0.242. The van der Waals surface area contributed by atoms with Crippen LogP contribution in [0.1, 0.15) is 22.8 Å². The Balaban J connectivity index is 1.98. The molecule has 1 atom stereocenters. The first-order chi connectivity index (χ1) is 12.5. The van der Waals surface area contributed by atoms with E-state index in [1.54, 1.807) is 33.2 Å². The molecule has 27 heavy (non-hydrogen) atoms. The lowest BCUT2D eigenvalue weighted by molar-refractivity contribution is -0.131. The second-order valence-electron chi connectivity index (χ2n) is 6.60. The van der Waals surface area contributed by atoms with E-state index in [2.05, 4.69) is 5.32 Å². The second-order valence-corrected chi connectivity index (χ2v) is 8.46. The molecule has 0 saturated carbocycles. The standard InChI is InChI=1S/C17H23N3O6S/c1-11-7-13-8-12(5-6-14(13)20(11)27(4,24)25)17(23)26-10-15(21)18-9-16(22)19(2)3/h5-6,8,11H,7,9-10H2,1-4H3,(H,18,21)/t11-/m1/s1. The number of rotatable bonds is 6. The molecule has 0 saturated heterocycles. The Hall–Kier alpha value is -2.62. The number of benzene rings is 1. The molecule has 1 aromatic rings. The van der Waals surface area contributed by atoms with Gasteiger partial charge in [0.2, 0.25) is 15.9 Å². The highest BCUT2D eigenvalue weighted by molar-refractivity contribution is 7.92. The number of carbonyl (C=O) groups is 3. The normalized spacial score (nSPS) is 15.9. The summed E-state index contributed by atoms with van der Waals surface area (Å²) in [4.78, 5) is 36.5. The minimum absolute atomic E-state index is 0.179. The van der Waals surface area contributed by atoms with Crippen molar-refractivity contribution in [2.75, 3.05) is 37.8 Å². The van der Waals surface area contributed by atoms with Crippen LogP contribution in [0.15, 0.2) is 18.2 Å². The molecule has 2 rings (SSSR count). The number of carbonyl (C=O) groups excluding carboxylic acids is 3. The summed E-state index contributed by atoms with van der Waals surface area (Å²) < 4.78 is 30.1. The molecule has 1 heterocycles. The van der Waals surface area contributed by atoms with E-state index in [0.29, 0.717) is 12.1 Å². The summed E-state index contributed by atoms with van der Waals surface area (Å²) in [6, 6.07) is 4.37. The zero-order valence-corrected chi connectivity index (χ0v) is 16.5. The largest absolute Gasteiger partial charge is 0.452 e. The van der Waals surface area contributed by atoms with E-state index in [-0.39, 0.29) is 24.1 Å². The van der Waals surface area contributed by atoms with Crippen LogP contribution in [0.25, 0.3) is 0 Å². The van der Waals surface area contributed by atoms with Gasteiger partial charge in [-0.1, -0.05) is 0 Å². The van der Waals surface area contributed by atoms with Crippen molar-refractivity contribution in [1.82, 2.24) is 10.2 Å². The molecule has 0 bridgehead atoms. The van der Waals surface area contributed by atoms with Crippen LogP contribution in [-0.2, 0) is 30.8 Å². The molecular formula is C17H23N3O6S. The summed E-state index contributed by atoms with van der Waals surface area (Å²) in [5.41, 5.74) is 1.50. The van der Waals surface area contributed by atoms with E-state index in [0.717, 1.165) is 11.8 Å². The van der Waals surface area contributed by atoms with Gasteiger partial charge in [-0.2, -0.15) is 0 Å². The molecule has 9 nitrogen and oxygen atoms in total. The number of esters is 1. The zero-order chi connectivity index (χ0) is 20.4. The topological polar surface area (TPSA) is 113 Å². The van der Waals surface area contributed by atoms with Gasteiger partial charge in [-0.15, -0.1) is 0 Å². The van der Waals surface area contributed by atoms with Crippen LogP contribution in [0.4, 0.5) is 5.69 Å². The monoisotopic (exact) mass is 397 g/mol. The molecule has 0 spiro atoms. The van der Waals surface area contributed by atoms with Crippen molar-refractivity contribution in [3.8, 4) is 0 Å². The second kappa shape index (κ2) is 7.95. The Bertz CT molecular complexity index is 865. The average molecular weight is 397 g/mol. The molecule has 1 aromatic carbocycles. The van der Waals surface area contributed by atoms with E-state index in [1.165, 1.54) is 15.3 Å². The number of hydrogen-bond acceptors (Lipinski definition) is 6. The van der Waals surface area contributed by atoms with Crippen molar-refractivity contribution in [3.63, 3.8) is 0 Å². The lowest BCUT2D eigenvalue weighted by Crippen LogP contribution is -2.38. The van der Waals surface area contributed by atoms with Crippen molar-refractivity contribution < 1.29 is 27.5 Å². The van der Waals surface area contributed by atoms with Gasteiger partial charge in [0.15, 0.2) is 6.61 Å². The van der Waals surface area contributed by atoms with Gasteiger partial charge in [-0.3, -0.25) is 13.9 Å². The highest BCUT2D eigenvalue weighted by Crippen LogP contribution is 2.34. The number of fused-ring (bicyclic) bond motifs is 1. The van der Waals surface area contributed by atoms with Crippen LogP contribution in [0, 0.1) is 0 Å². The smallest absolute Gasteiger partial charge is 0.338 e. The molecule has 1 aliphatic heterocycles. The molecule has 1 N–H and O–H groups in total. The maximum Gasteiger partial charge on any atom is 0.338 e. The van der Waals surface area contributed by atoms with Crippen molar-refractivity contribution in [1.29, 1.82) is 0 Å². The van der Waals surface area contributed by atoms with Gasteiger partial charge >= 0.3 is 5.97 Å². The van der Waals surface area contributed by atoms with Crippen LogP contribution in [0.2, 0.25) is 0 Å². The Morgan fingerprint density at radius 3 is 2.56 bits per heavy atom. The lowest BCUT2D eigenvalue weighted by Gasteiger charge is -2.21. The van der Waals surface area contributed by atoms with Gasteiger partial charge in [0.1, 0.15) is 0 Å². The van der Waals surface area contributed by atoms with Crippen molar-refractivity contribution in [2.24, 2.45) is 0 Å². The molecule has 10 heteroatoms. The van der Waals surface area contributed by atoms with Crippen LogP contribution in [-0.4, -0.2) is 70.6 Å². The number of sulfonamides is 1. The minimum atomic E-state index is -3.41. The third-order valence-corrected chi connectivity index (χ3v) is 5.37. The fourth-order valence-corrected chi connectivity index (χ4v) is 4.10. The first-order valence-electron chi connectivity index (χ1n) is 8.27. The molecule has 0 aliphatic carbocycles. The molecule has 0 radical (unpaired) electrons. The number of anilines is 1. The van der Waals surface area contributed by atoms with Crippen molar-refractivity contribution in [3.05, 3.63) is 29.3 Å². The Morgan fingerprint density at radius 1 is 1.30 bits per heavy atom. The predicted molar refractivity (Wildman–Crippen MR) is 98.9 cm³/mol. The van der Waals surface area contributed by atoms with Gasteiger partial charge < -0.3 is 15.0 Å². The third kappa shape index (κ3) is 4.97. The van der Waals surface area contributed by atoms with Crippen molar-refractivity contribution >= 4 is 33.5 Å². The molecular weight excluding hydrogens is 374 g/mol. The summed E-state index contributed by atoms with van der Waals surface area (Å²) in [5.74, 6) is -1.56. The van der Waals surface area contributed by atoms with Crippen LogP contribution in [0.3, 0.4) is 0 Å². The first-order valence-corrected chi connectivity index (χ1v) is 10.1. The van der Waals surface area contributed by atoms with E-state index in [4.69, 9.17) is 4.74 Å². The van der Waals surface area contributed by atoms with Gasteiger partial charge in [-0.05, 0) is 37.1 Å². The van der Waals surface area contributed by atoms with Crippen LogP contribution in [0.5, 0.6) is 0 Å². The quantitative estimate of drug-likeness (QED) is 0.663. The van der Waals surface area contributed by atoms with Crippen LogP contribution < -0.4 is 9.62 Å². The Kier molecular flexibility index (Phi) is 6.09. The number of nitrogens with zero attached hydrogens (tertiary/aromatic N) is 2. The van der Waals surface area contributed by atoms with E-state index >= 15 is 0 Å². The minimum Gasteiger partial charge on any atom is -0.452 e. The SMILES string of the molecule is C[C@@H]1Cc2cc(C(=O)OCC(=O)NCC(=O)N(C)C)ccc2N1S(C)(=O)=O. The average Bonchev–Trinajstić information content (AvgIpc) is 2.92. The fourth-order valence-electron chi connectivity index (χ4n) is 2.83. The maximum atomic E-state index is 12.1. The first kappa shape index (κ1) is 20.7. The maximum absolute atomic E-state index is 12.1. The zero-order valence-electron chi connectivity index (χ0n) is 15.7. The third-order valence-electron chi connectivity index (χ3n) is 4.10. The van der Waals surface area contributed by atoms with Gasteiger partial charge in [-0.25, -0.2) is 13.2 Å². The highest BCUT2D eigenvalue weighted by atomic mass is 32.2. The van der Waals surface area contributed by atoms with Gasteiger partial charge in [0.25, 0.3) is 5.91 Å². The van der Waals surface area contributed by atoms with E-state index in [1.807, 2.05) is 0 Å². The summed E-state index contributed by atoms with van der Waals surface area (Å²) >= 11 is 0. The lowest BCUT2D eigenvalue weighted by atomic mass is 10.1. The number of ether oxygens (including phenoxy) is 1. The Morgan fingerprint density at radius 2 is 1.96 bits per heavy atom. The number of likely N-dealkylation sites (N-methyl/N-ethyl adjacent to an activating group) is 1. The van der Waals surface area contributed by atoms with Gasteiger partial charge in [0, 0.05) is 20.1 Å². The molecule has 0 fully saturated rings. The Labute approximate surface area is 158 Å². The fraction of sp³-hybridized carbons (Fsp3) is 0.471. The van der Waals surface area contributed by atoms with Crippen molar-refractivity contribution in [2.45, 2.75) is 19.4 Å². The molecule has 2 amide bonds. The molecule has 0 aromatic heterocycles. The summed E-state index contributed by atoms with van der Waals surface area (Å²) in [6.07, 6.45) is 1.62. The summed E-state index contributed by atoms with van der Waals surface area (Å²) in [5, 5.41) is 2.36.